The molecular formula is C22H34N2O. The first-order valence-electron chi connectivity index (χ1n) is 10.1. The van der Waals surface area contributed by atoms with Crippen molar-refractivity contribution in [2.45, 2.75) is 64.2 Å². The first-order valence-corrected chi connectivity index (χ1v) is 10.1. The van der Waals surface area contributed by atoms with E-state index < -0.39 is 0 Å². The fourth-order valence-electron chi connectivity index (χ4n) is 4.78. The summed E-state index contributed by atoms with van der Waals surface area (Å²) < 4.78 is 0. The largest absolute Gasteiger partial charge is 0.351 e. The average molecular weight is 343 g/mol. The first kappa shape index (κ1) is 18.4. The maximum atomic E-state index is 12.7. The zero-order valence-corrected chi connectivity index (χ0v) is 16.1. The molecule has 1 fully saturated rings. The highest BCUT2D eigenvalue weighted by atomic mass is 16.1. The van der Waals surface area contributed by atoms with Crippen LogP contribution in [0.2, 0.25) is 0 Å². The second kappa shape index (κ2) is 8.35. The molecule has 0 atom stereocenters. The zero-order valence-electron chi connectivity index (χ0n) is 16.1. The van der Waals surface area contributed by atoms with Crippen molar-refractivity contribution in [1.82, 2.24) is 10.2 Å². The van der Waals surface area contributed by atoms with Crippen molar-refractivity contribution in [3.05, 3.63) is 34.9 Å². The monoisotopic (exact) mass is 342 g/mol. The molecule has 1 saturated carbocycles. The molecule has 25 heavy (non-hydrogen) atoms. The Labute approximate surface area is 153 Å². The number of fused-ring (bicyclic) bond motifs is 1. The molecule has 0 aromatic heterocycles. The lowest BCUT2D eigenvalue weighted by atomic mass is 9.85. The van der Waals surface area contributed by atoms with Gasteiger partial charge in [-0.05, 0) is 75.9 Å². The van der Waals surface area contributed by atoms with Crippen molar-refractivity contribution < 1.29 is 4.79 Å². The molecule has 0 aliphatic heterocycles. The Morgan fingerprint density at radius 1 is 1.00 bits per heavy atom. The van der Waals surface area contributed by atoms with Crippen LogP contribution in [0, 0.1) is 5.41 Å². The van der Waals surface area contributed by atoms with Gasteiger partial charge in [0, 0.05) is 24.1 Å². The molecule has 3 rings (SSSR count). The van der Waals surface area contributed by atoms with Crippen molar-refractivity contribution in [3.8, 4) is 0 Å². The molecule has 2 aliphatic carbocycles. The molecule has 1 N–H and O–H groups in total. The molecule has 1 aromatic carbocycles. The van der Waals surface area contributed by atoms with Gasteiger partial charge in [0.15, 0.2) is 0 Å². The van der Waals surface area contributed by atoms with Gasteiger partial charge in [-0.3, -0.25) is 4.79 Å². The molecule has 2 aliphatic rings. The third kappa shape index (κ3) is 4.84. The zero-order chi connectivity index (χ0) is 17.7. The number of benzene rings is 1. The molecule has 1 amide bonds. The fraction of sp³-hybridized carbons (Fsp3) is 0.682. The molecular weight excluding hydrogens is 308 g/mol. The van der Waals surface area contributed by atoms with E-state index in [1.165, 1.54) is 68.9 Å². The van der Waals surface area contributed by atoms with Gasteiger partial charge in [0.1, 0.15) is 0 Å². The van der Waals surface area contributed by atoms with E-state index >= 15 is 0 Å². The van der Waals surface area contributed by atoms with Crippen LogP contribution in [0.1, 0.15) is 72.9 Å². The third-order valence-corrected chi connectivity index (χ3v) is 6.05. The van der Waals surface area contributed by atoms with E-state index in [-0.39, 0.29) is 11.3 Å². The second-order valence-corrected chi connectivity index (χ2v) is 8.53. The Bertz CT molecular complexity index is 588. The number of nitrogens with one attached hydrogen (secondary N) is 1. The number of nitrogens with zero attached hydrogens (tertiary/aromatic N) is 1. The Morgan fingerprint density at radius 2 is 1.68 bits per heavy atom. The van der Waals surface area contributed by atoms with Gasteiger partial charge < -0.3 is 10.2 Å². The topological polar surface area (TPSA) is 32.3 Å². The second-order valence-electron chi connectivity index (χ2n) is 8.53. The van der Waals surface area contributed by atoms with Crippen LogP contribution in [0.5, 0.6) is 0 Å². The Kier molecular flexibility index (Phi) is 6.16. The molecule has 3 heteroatoms. The van der Waals surface area contributed by atoms with Crippen LogP contribution in [0.3, 0.4) is 0 Å². The number of aryl methyl sites for hydroxylation is 2. The van der Waals surface area contributed by atoms with E-state index in [0.717, 1.165) is 25.1 Å². The van der Waals surface area contributed by atoms with Crippen molar-refractivity contribution in [3.63, 3.8) is 0 Å². The molecule has 0 spiro atoms. The molecule has 0 radical (unpaired) electrons. The van der Waals surface area contributed by atoms with E-state index in [4.69, 9.17) is 0 Å². The van der Waals surface area contributed by atoms with Gasteiger partial charge in [0.05, 0.1) is 0 Å². The number of hydrogen-bond donors (Lipinski definition) is 1. The normalized spacial score (nSPS) is 20.0. The summed E-state index contributed by atoms with van der Waals surface area (Å²) in [5.74, 6) is 0.106. The number of amides is 1. The summed E-state index contributed by atoms with van der Waals surface area (Å²) in [7, 11) is 4.27. The lowest BCUT2D eigenvalue weighted by Gasteiger charge is -2.32. The van der Waals surface area contributed by atoms with E-state index in [1.807, 2.05) is 6.07 Å². The Hall–Kier alpha value is -1.35. The summed E-state index contributed by atoms with van der Waals surface area (Å²) >= 11 is 0. The molecule has 0 bridgehead atoms. The standard InChI is InChI=1S/C22H34N2O/c1-24(2)17-22(13-7-8-14-22)16-23-21(25)20-12-11-18-9-5-3-4-6-10-19(18)15-20/h11-12,15H,3-10,13-14,16-17H2,1-2H3,(H,23,25). The van der Waals surface area contributed by atoms with Crippen LogP contribution in [0.15, 0.2) is 18.2 Å². The fourth-order valence-corrected chi connectivity index (χ4v) is 4.78. The van der Waals surface area contributed by atoms with Crippen molar-refractivity contribution >= 4 is 5.91 Å². The molecule has 1 aromatic rings. The minimum atomic E-state index is 0.106. The van der Waals surface area contributed by atoms with Crippen molar-refractivity contribution in [1.29, 1.82) is 0 Å². The minimum Gasteiger partial charge on any atom is -0.351 e. The molecule has 138 valence electrons. The number of rotatable bonds is 5. The molecule has 0 unspecified atom stereocenters. The van der Waals surface area contributed by atoms with Crippen molar-refractivity contribution in [2.75, 3.05) is 27.2 Å². The van der Waals surface area contributed by atoms with Crippen LogP contribution in [0.4, 0.5) is 0 Å². The summed E-state index contributed by atoms with van der Waals surface area (Å²) in [5.41, 5.74) is 3.97. The van der Waals surface area contributed by atoms with E-state index in [1.54, 1.807) is 0 Å². The quantitative estimate of drug-likeness (QED) is 0.870. The van der Waals surface area contributed by atoms with Crippen molar-refractivity contribution in [2.24, 2.45) is 5.41 Å². The smallest absolute Gasteiger partial charge is 0.251 e. The summed E-state index contributed by atoms with van der Waals surface area (Å²) in [6, 6.07) is 6.38. The van der Waals surface area contributed by atoms with Gasteiger partial charge in [-0.2, -0.15) is 0 Å². The Balaban J connectivity index is 1.65. The van der Waals surface area contributed by atoms with Gasteiger partial charge in [-0.15, -0.1) is 0 Å². The van der Waals surface area contributed by atoms with E-state index in [9.17, 15) is 4.79 Å². The van der Waals surface area contributed by atoms with Crippen LogP contribution < -0.4 is 5.32 Å². The summed E-state index contributed by atoms with van der Waals surface area (Å²) in [5, 5.41) is 3.26. The Morgan fingerprint density at radius 3 is 2.36 bits per heavy atom. The van der Waals surface area contributed by atoms with Gasteiger partial charge in [-0.1, -0.05) is 31.7 Å². The minimum absolute atomic E-state index is 0.106. The molecule has 3 nitrogen and oxygen atoms in total. The maximum Gasteiger partial charge on any atom is 0.251 e. The van der Waals surface area contributed by atoms with Crippen LogP contribution in [-0.4, -0.2) is 38.0 Å². The highest BCUT2D eigenvalue weighted by Crippen LogP contribution is 2.38. The summed E-state index contributed by atoms with van der Waals surface area (Å²) in [6.45, 7) is 1.87. The van der Waals surface area contributed by atoms with E-state index in [0.29, 0.717) is 0 Å². The molecule has 0 heterocycles. The van der Waals surface area contributed by atoms with E-state index in [2.05, 4.69) is 36.4 Å². The maximum absolute atomic E-state index is 12.7. The van der Waals surface area contributed by atoms with Gasteiger partial charge in [0.25, 0.3) is 5.91 Å². The predicted molar refractivity (Wildman–Crippen MR) is 104 cm³/mol. The highest BCUT2D eigenvalue weighted by Gasteiger charge is 2.34. The summed E-state index contributed by atoms with van der Waals surface area (Å²) in [6.07, 6.45) is 12.6. The average Bonchev–Trinajstić information content (AvgIpc) is 3.01. The van der Waals surface area contributed by atoms with Gasteiger partial charge in [0.2, 0.25) is 0 Å². The third-order valence-electron chi connectivity index (χ3n) is 6.05. The number of hydrogen-bond acceptors (Lipinski definition) is 2. The van der Waals surface area contributed by atoms with Crippen LogP contribution >= 0.6 is 0 Å². The number of carbonyl (C=O) groups excluding carboxylic acids is 1. The van der Waals surface area contributed by atoms with Gasteiger partial charge in [-0.25, -0.2) is 0 Å². The van der Waals surface area contributed by atoms with Crippen LogP contribution in [-0.2, 0) is 12.8 Å². The SMILES string of the molecule is CN(C)CC1(CNC(=O)c2ccc3c(c2)CCCCCC3)CCCC1. The lowest BCUT2D eigenvalue weighted by Crippen LogP contribution is -2.42. The first-order chi connectivity index (χ1) is 12.1. The lowest BCUT2D eigenvalue weighted by molar-refractivity contribution is 0.0918. The highest BCUT2D eigenvalue weighted by molar-refractivity contribution is 5.94. The molecule has 0 saturated heterocycles. The predicted octanol–water partition coefficient (Wildman–Crippen LogP) is 4.20. The van der Waals surface area contributed by atoms with Crippen LogP contribution in [0.25, 0.3) is 0 Å². The number of carbonyl (C=O) groups is 1. The van der Waals surface area contributed by atoms with Gasteiger partial charge >= 0.3 is 0 Å². The summed E-state index contributed by atoms with van der Waals surface area (Å²) in [4.78, 5) is 15.0.